The summed E-state index contributed by atoms with van der Waals surface area (Å²) in [5.74, 6) is 0.779. The molecule has 0 saturated heterocycles. The Hall–Kier alpha value is -2.16. The predicted octanol–water partition coefficient (Wildman–Crippen LogP) is 3.47. The number of nitrogens with zero attached hydrogens (tertiary/aromatic N) is 1. The second-order valence-corrected chi connectivity index (χ2v) is 4.33. The van der Waals surface area contributed by atoms with Gasteiger partial charge in [0.25, 0.3) is 0 Å². The van der Waals surface area contributed by atoms with Crippen LogP contribution in [0.5, 0.6) is 5.75 Å². The van der Waals surface area contributed by atoms with Crippen LogP contribution in [0, 0.1) is 0 Å². The third kappa shape index (κ3) is 2.99. The highest BCUT2D eigenvalue weighted by Crippen LogP contribution is 2.24. The van der Waals surface area contributed by atoms with Gasteiger partial charge in [0.2, 0.25) is 0 Å². The molecule has 1 aromatic carbocycles. The molecule has 0 aliphatic heterocycles. The van der Waals surface area contributed by atoms with E-state index in [9.17, 15) is 4.79 Å². The number of hydrogen-bond donors (Lipinski definition) is 0. The summed E-state index contributed by atoms with van der Waals surface area (Å²) in [6.07, 6.45) is 4.22. The van der Waals surface area contributed by atoms with Gasteiger partial charge in [-0.2, -0.15) is 0 Å². The largest absolute Gasteiger partial charge is 0.497 e. The summed E-state index contributed by atoms with van der Waals surface area (Å²) in [7, 11) is 1.61. The molecule has 0 aliphatic carbocycles. The first-order valence-corrected chi connectivity index (χ1v) is 6.34. The fourth-order valence-electron chi connectivity index (χ4n) is 2.12. The zero-order valence-electron chi connectivity index (χ0n) is 11.2. The highest BCUT2D eigenvalue weighted by atomic mass is 16.5. The first-order valence-electron chi connectivity index (χ1n) is 6.34. The van der Waals surface area contributed by atoms with Gasteiger partial charge in [0.05, 0.1) is 7.11 Å². The number of hydrogen-bond acceptors (Lipinski definition) is 3. The summed E-state index contributed by atoms with van der Waals surface area (Å²) in [6.45, 7) is 2.02. The highest BCUT2D eigenvalue weighted by Gasteiger charge is 2.20. The molecule has 0 N–H and O–H groups in total. The monoisotopic (exact) mass is 255 g/mol. The molecule has 1 atom stereocenters. The van der Waals surface area contributed by atoms with Crippen LogP contribution in [0.4, 0.5) is 0 Å². The van der Waals surface area contributed by atoms with Gasteiger partial charge in [-0.25, -0.2) is 0 Å². The normalized spacial score (nSPS) is 11.9. The van der Waals surface area contributed by atoms with Gasteiger partial charge < -0.3 is 4.74 Å². The Balaban J connectivity index is 2.25. The van der Waals surface area contributed by atoms with E-state index < -0.39 is 0 Å². The Kier molecular flexibility index (Phi) is 4.29. The van der Waals surface area contributed by atoms with Crippen molar-refractivity contribution in [3.05, 3.63) is 59.9 Å². The number of carbonyl (C=O) groups excluding carboxylic acids is 1. The van der Waals surface area contributed by atoms with Crippen molar-refractivity contribution < 1.29 is 9.53 Å². The molecule has 0 fully saturated rings. The van der Waals surface area contributed by atoms with Gasteiger partial charge >= 0.3 is 0 Å². The Labute approximate surface area is 113 Å². The fourth-order valence-corrected chi connectivity index (χ4v) is 2.12. The average molecular weight is 255 g/mol. The van der Waals surface area contributed by atoms with Gasteiger partial charge in [-0.15, -0.1) is 0 Å². The topological polar surface area (TPSA) is 39.2 Å². The van der Waals surface area contributed by atoms with Crippen molar-refractivity contribution in [2.24, 2.45) is 0 Å². The molecule has 0 amide bonds. The first-order chi connectivity index (χ1) is 9.26. The molecule has 2 aromatic rings. The van der Waals surface area contributed by atoms with Gasteiger partial charge in [0.15, 0.2) is 5.78 Å². The molecule has 19 heavy (non-hydrogen) atoms. The highest BCUT2D eigenvalue weighted by molar-refractivity contribution is 6.01. The zero-order valence-corrected chi connectivity index (χ0v) is 11.2. The van der Waals surface area contributed by atoms with Crippen LogP contribution in [-0.2, 0) is 0 Å². The molecule has 0 aliphatic rings. The van der Waals surface area contributed by atoms with Crippen molar-refractivity contribution in [2.45, 2.75) is 19.3 Å². The van der Waals surface area contributed by atoms with E-state index in [1.165, 1.54) is 0 Å². The van der Waals surface area contributed by atoms with Gasteiger partial charge in [0.1, 0.15) is 5.75 Å². The van der Waals surface area contributed by atoms with Crippen LogP contribution in [0.1, 0.15) is 35.2 Å². The van der Waals surface area contributed by atoms with Crippen molar-refractivity contribution in [3.63, 3.8) is 0 Å². The number of rotatable bonds is 5. The quantitative estimate of drug-likeness (QED) is 0.768. The van der Waals surface area contributed by atoms with Crippen LogP contribution in [0.25, 0.3) is 0 Å². The minimum Gasteiger partial charge on any atom is -0.497 e. The van der Waals surface area contributed by atoms with Crippen molar-refractivity contribution in [1.29, 1.82) is 0 Å². The summed E-state index contributed by atoms with van der Waals surface area (Å²) in [4.78, 5) is 16.5. The molecule has 0 spiro atoms. The van der Waals surface area contributed by atoms with Crippen LogP contribution < -0.4 is 4.74 Å². The molecule has 0 bridgehead atoms. The number of benzene rings is 1. The fraction of sp³-hybridized carbons (Fsp3) is 0.250. The molecule has 98 valence electrons. The first kappa shape index (κ1) is 13.3. The van der Waals surface area contributed by atoms with Gasteiger partial charge in [-0.1, -0.05) is 6.92 Å². The van der Waals surface area contributed by atoms with Crippen molar-refractivity contribution in [1.82, 2.24) is 4.98 Å². The third-order valence-corrected chi connectivity index (χ3v) is 3.21. The number of pyridine rings is 1. The van der Waals surface area contributed by atoms with Crippen LogP contribution in [0.15, 0.2) is 48.8 Å². The summed E-state index contributed by atoms with van der Waals surface area (Å²) < 4.78 is 5.10. The lowest BCUT2D eigenvalue weighted by molar-refractivity contribution is 0.0957. The molecule has 2 rings (SSSR count). The van der Waals surface area contributed by atoms with Gasteiger partial charge in [-0.05, 0) is 48.4 Å². The SMILES string of the molecule is CCC(C(=O)c1ccc(OC)cc1)c1ccncc1. The number of aromatic nitrogens is 1. The van der Waals surface area contributed by atoms with Crippen LogP contribution >= 0.6 is 0 Å². The number of Topliss-reactive ketones (excluding diaryl/α,β-unsaturated/α-hetero) is 1. The predicted molar refractivity (Wildman–Crippen MR) is 74.6 cm³/mol. The van der Waals surface area contributed by atoms with Crippen LogP contribution in [0.3, 0.4) is 0 Å². The lowest BCUT2D eigenvalue weighted by Gasteiger charge is -2.14. The molecule has 3 heteroatoms. The Morgan fingerprint density at radius 3 is 2.32 bits per heavy atom. The van der Waals surface area contributed by atoms with E-state index in [1.54, 1.807) is 19.5 Å². The second-order valence-electron chi connectivity index (χ2n) is 4.33. The minimum atomic E-state index is -0.114. The van der Waals surface area contributed by atoms with E-state index in [4.69, 9.17) is 4.74 Å². The molecule has 0 radical (unpaired) electrons. The Morgan fingerprint density at radius 2 is 1.79 bits per heavy atom. The minimum absolute atomic E-state index is 0.114. The van der Waals surface area contributed by atoms with E-state index in [-0.39, 0.29) is 11.7 Å². The van der Waals surface area contributed by atoms with E-state index in [2.05, 4.69) is 4.98 Å². The number of carbonyl (C=O) groups is 1. The van der Waals surface area contributed by atoms with E-state index in [0.717, 1.165) is 17.7 Å². The molecule has 3 nitrogen and oxygen atoms in total. The Morgan fingerprint density at radius 1 is 1.16 bits per heavy atom. The maximum absolute atomic E-state index is 12.5. The lowest BCUT2D eigenvalue weighted by atomic mass is 9.89. The van der Waals surface area contributed by atoms with Crippen LogP contribution in [0.2, 0.25) is 0 Å². The summed E-state index contributed by atoms with van der Waals surface area (Å²) in [5, 5.41) is 0. The maximum Gasteiger partial charge on any atom is 0.170 e. The van der Waals surface area contributed by atoms with Crippen molar-refractivity contribution >= 4 is 5.78 Å². The number of methoxy groups -OCH3 is 1. The standard InChI is InChI=1S/C16H17NO2/c1-3-15(12-8-10-17-11-9-12)16(18)13-4-6-14(19-2)7-5-13/h4-11,15H,3H2,1-2H3. The van der Waals surface area contributed by atoms with Crippen molar-refractivity contribution in [2.75, 3.05) is 7.11 Å². The smallest absolute Gasteiger partial charge is 0.170 e. The van der Waals surface area contributed by atoms with Crippen molar-refractivity contribution in [3.8, 4) is 5.75 Å². The molecule has 0 saturated carbocycles. The maximum atomic E-state index is 12.5. The summed E-state index contributed by atoms with van der Waals surface area (Å²) in [5.41, 5.74) is 1.72. The Bertz CT molecular complexity index is 534. The van der Waals surface area contributed by atoms with Gasteiger partial charge in [0, 0.05) is 23.9 Å². The zero-order chi connectivity index (χ0) is 13.7. The van der Waals surface area contributed by atoms with E-state index in [0.29, 0.717) is 5.56 Å². The average Bonchev–Trinajstić information content (AvgIpc) is 2.49. The molecule has 1 aromatic heterocycles. The lowest BCUT2D eigenvalue weighted by Crippen LogP contribution is -2.12. The molecule has 1 unspecified atom stereocenters. The molecular formula is C16H17NO2. The molecular weight excluding hydrogens is 238 g/mol. The number of ketones is 1. The molecule has 1 heterocycles. The van der Waals surface area contributed by atoms with Crippen LogP contribution in [-0.4, -0.2) is 17.9 Å². The summed E-state index contributed by atoms with van der Waals surface area (Å²) in [6, 6.07) is 11.0. The second kappa shape index (κ2) is 6.14. The summed E-state index contributed by atoms with van der Waals surface area (Å²) >= 11 is 0. The number of ether oxygens (including phenoxy) is 1. The van der Waals surface area contributed by atoms with E-state index in [1.807, 2.05) is 43.3 Å². The third-order valence-electron chi connectivity index (χ3n) is 3.21. The van der Waals surface area contributed by atoms with Gasteiger partial charge in [-0.3, -0.25) is 9.78 Å². The van der Waals surface area contributed by atoms with E-state index >= 15 is 0 Å².